The van der Waals surface area contributed by atoms with Crippen molar-refractivity contribution in [3.63, 3.8) is 0 Å². The topological polar surface area (TPSA) is 97.4 Å². The van der Waals surface area contributed by atoms with Crippen molar-refractivity contribution in [1.29, 1.82) is 0 Å². The smallest absolute Gasteiger partial charge is 0.261 e. The molecule has 4 aromatic rings. The Hall–Kier alpha value is -3.43. The van der Waals surface area contributed by atoms with Crippen LogP contribution in [0, 0.1) is 6.92 Å². The van der Waals surface area contributed by atoms with Crippen LogP contribution in [0.25, 0.3) is 20.8 Å². The van der Waals surface area contributed by atoms with E-state index in [1.807, 2.05) is 31.2 Å². The molecule has 2 N–H and O–H groups in total. The van der Waals surface area contributed by atoms with E-state index in [0.29, 0.717) is 11.4 Å². The number of aromatic nitrogens is 1. The number of benzene rings is 3. The highest BCUT2D eigenvalue weighted by molar-refractivity contribution is 7.92. The number of carbonyl (C=O) groups excluding carboxylic acids is 1. The summed E-state index contributed by atoms with van der Waals surface area (Å²) in [4.78, 5) is 16.1. The van der Waals surface area contributed by atoms with Gasteiger partial charge < -0.3 is 10.1 Å². The molecule has 0 spiro atoms. The van der Waals surface area contributed by atoms with E-state index in [9.17, 15) is 13.2 Å². The molecular weight excluding hydrogens is 446 g/mol. The molecule has 0 saturated carbocycles. The number of nitrogens with one attached hydrogen (secondary N) is 2. The number of amides is 1. The summed E-state index contributed by atoms with van der Waals surface area (Å²) in [6, 6.07) is 17.5. The van der Waals surface area contributed by atoms with E-state index in [2.05, 4.69) is 21.1 Å². The van der Waals surface area contributed by atoms with E-state index in [1.165, 1.54) is 37.8 Å². The van der Waals surface area contributed by atoms with Crippen LogP contribution in [0.15, 0.2) is 65.6 Å². The standard InChI is InChI=1S/C23H21N3O4S2/c1-14-4-10-19-22(12-14)31-23(25-19)16-5-7-17(8-6-16)26-32(28,29)18-9-11-21(30-3)20(13-18)24-15(2)27/h4-13,26H,1-3H3,(H,24,27). The normalized spacial score (nSPS) is 11.3. The number of hydrogen-bond acceptors (Lipinski definition) is 6. The van der Waals surface area contributed by atoms with Gasteiger partial charge in [-0.25, -0.2) is 13.4 Å². The third kappa shape index (κ3) is 4.58. The average Bonchev–Trinajstić information content (AvgIpc) is 3.16. The van der Waals surface area contributed by atoms with E-state index >= 15 is 0 Å². The molecule has 0 aliphatic rings. The van der Waals surface area contributed by atoms with E-state index in [-0.39, 0.29) is 16.5 Å². The molecule has 0 saturated heterocycles. The molecule has 32 heavy (non-hydrogen) atoms. The van der Waals surface area contributed by atoms with Crippen molar-refractivity contribution >= 4 is 48.9 Å². The van der Waals surface area contributed by atoms with Gasteiger partial charge in [0.05, 0.1) is 27.9 Å². The van der Waals surface area contributed by atoms with Gasteiger partial charge in [0.25, 0.3) is 10.0 Å². The number of methoxy groups -OCH3 is 1. The van der Waals surface area contributed by atoms with Crippen molar-refractivity contribution in [3.8, 4) is 16.3 Å². The second-order valence-corrected chi connectivity index (χ2v) is 9.93. The van der Waals surface area contributed by atoms with Crippen molar-refractivity contribution < 1.29 is 17.9 Å². The molecule has 0 radical (unpaired) electrons. The highest BCUT2D eigenvalue weighted by atomic mass is 32.2. The van der Waals surface area contributed by atoms with Crippen LogP contribution in [0.4, 0.5) is 11.4 Å². The van der Waals surface area contributed by atoms with Crippen LogP contribution in [-0.2, 0) is 14.8 Å². The summed E-state index contributed by atoms with van der Waals surface area (Å²) in [6.07, 6.45) is 0. The van der Waals surface area contributed by atoms with Gasteiger partial charge in [-0.2, -0.15) is 0 Å². The largest absolute Gasteiger partial charge is 0.495 e. The minimum Gasteiger partial charge on any atom is -0.495 e. The van der Waals surface area contributed by atoms with Crippen molar-refractivity contribution in [3.05, 3.63) is 66.2 Å². The van der Waals surface area contributed by atoms with Crippen molar-refractivity contribution in [2.75, 3.05) is 17.1 Å². The van der Waals surface area contributed by atoms with Gasteiger partial charge in [-0.1, -0.05) is 6.07 Å². The SMILES string of the molecule is COc1ccc(S(=O)(=O)Nc2ccc(-c3nc4ccc(C)cc4s3)cc2)cc1NC(C)=O. The molecule has 3 aromatic carbocycles. The summed E-state index contributed by atoms with van der Waals surface area (Å²) in [6.45, 7) is 3.38. The van der Waals surface area contributed by atoms with Gasteiger partial charge in [0.1, 0.15) is 10.8 Å². The number of sulfonamides is 1. The predicted molar refractivity (Wildman–Crippen MR) is 128 cm³/mol. The number of ether oxygens (including phenoxy) is 1. The van der Waals surface area contributed by atoms with Gasteiger partial charge in [0.15, 0.2) is 0 Å². The predicted octanol–water partition coefficient (Wildman–Crippen LogP) is 5.04. The molecule has 0 fully saturated rings. The first kappa shape index (κ1) is 21.8. The first-order valence-corrected chi connectivity index (χ1v) is 12.0. The Labute approximate surface area is 190 Å². The Morgan fingerprint density at radius 2 is 1.78 bits per heavy atom. The second-order valence-electron chi connectivity index (χ2n) is 7.22. The first-order chi connectivity index (χ1) is 15.2. The molecule has 1 heterocycles. The zero-order valence-corrected chi connectivity index (χ0v) is 19.3. The van der Waals surface area contributed by atoms with Crippen molar-refractivity contribution in [2.24, 2.45) is 0 Å². The lowest BCUT2D eigenvalue weighted by molar-refractivity contribution is -0.114. The number of rotatable bonds is 6. The minimum absolute atomic E-state index is 0.00710. The van der Waals surface area contributed by atoms with Gasteiger partial charge in [-0.05, 0) is 67.1 Å². The quantitative estimate of drug-likeness (QED) is 0.414. The van der Waals surface area contributed by atoms with Gasteiger partial charge in [0, 0.05) is 18.2 Å². The molecule has 164 valence electrons. The Bertz CT molecular complexity index is 1410. The van der Waals surface area contributed by atoms with E-state index < -0.39 is 10.0 Å². The fourth-order valence-electron chi connectivity index (χ4n) is 3.19. The van der Waals surface area contributed by atoms with Crippen LogP contribution >= 0.6 is 11.3 Å². The monoisotopic (exact) mass is 467 g/mol. The number of carbonyl (C=O) groups is 1. The minimum atomic E-state index is -3.87. The zero-order valence-electron chi connectivity index (χ0n) is 17.7. The maximum absolute atomic E-state index is 12.9. The Balaban J connectivity index is 1.57. The second kappa shape index (κ2) is 8.60. The lowest BCUT2D eigenvalue weighted by atomic mass is 10.2. The molecule has 9 heteroatoms. The maximum atomic E-state index is 12.9. The molecule has 7 nitrogen and oxygen atoms in total. The van der Waals surface area contributed by atoms with Gasteiger partial charge in [-0.15, -0.1) is 11.3 Å². The highest BCUT2D eigenvalue weighted by Gasteiger charge is 2.18. The Morgan fingerprint density at radius 1 is 1.03 bits per heavy atom. The average molecular weight is 468 g/mol. The lowest BCUT2D eigenvalue weighted by Gasteiger charge is -2.13. The van der Waals surface area contributed by atoms with Crippen molar-refractivity contribution in [2.45, 2.75) is 18.7 Å². The van der Waals surface area contributed by atoms with E-state index in [1.54, 1.807) is 23.5 Å². The first-order valence-electron chi connectivity index (χ1n) is 9.71. The number of thiazole rings is 1. The molecule has 0 unspecified atom stereocenters. The number of fused-ring (bicyclic) bond motifs is 1. The highest BCUT2D eigenvalue weighted by Crippen LogP contribution is 2.32. The summed E-state index contributed by atoms with van der Waals surface area (Å²) in [7, 11) is -2.42. The van der Waals surface area contributed by atoms with Crippen LogP contribution in [0.3, 0.4) is 0 Å². The molecule has 1 amide bonds. The van der Waals surface area contributed by atoms with Crippen LogP contribution in [-0.4, -0.2) is 26.4 Å². The maximum Gasteiger partial charge on any atom is 0.261 e. The third-order valence-corrected chi connectivity index (χ3v) is 7.17. The number of hydrogen-bond donors (Lipinski definition) is 2. The zero-order chi connectivity index (χ0) is 22.9. The number of anilines is 2. The summed E-state index contributed by atoms with van der Waals surface area (Å²) in [5.74, 6) is 0.0425. The van der Waals surface area contributed by atoms with Crippen molar-refractivity contribution in [1.82, 2.24) is 4.98 Å². The summed E-state index contributed by atoms with van der Waals surface area (Å²) in [5, 5.41) is 3.45. The molecule has 4 rings (SSSR count). The van der Waals surface area contributed by atoms with Crippen LogP contribution in [0.5, 0.6) is 5.75 Å². The Morgan fingerprint density at radius 3 is 2.47 bits per heavy atom. The summed E-state index contributed by atoms with van der Waals surface area (Å²) in [5.41, 5.74) is 3.73. The van der Waals surface area contributed by atoms with Crippen LogP contribution in [0.1, 0.15) is 12.5 Å². The molecule has 1 aromatic heterocycles. The molecule has 0 aliphatic carbocycles. The molecular formula is C23H21N3O4S2. The third-order valence-electron chi connectivity index (χ3n) is 4.72. The molecule has 0 atom stereocenters. The fraction of sp³-hybridized carbons (Fsp3) is 0.130. The number of nitrogens with zero attached hydrogens (tertiary/aromatic N) is 1. The van der Waals surface area contributed by atoms with Crippen LogP contribution < -0.4 is 14.8 Å². The van der Waals surface area contributed by atoms with E-state index in [4.69, 9.17) is 4.74 Å². The van der Waals surface area contributed by atoms with E-state index in [0.717, 1.165) is 20.8 Å². The molecule has 0 bridgehead atoms. The molecule has 0 aliphatic heterocycles. The summed E-state index contributed by atoms with van der Waals surface area (Å²) >= 11 is 1.59. The Kier molecular flexibility index (Phi) is 5.86. The van der Waals surface area contributed by atoms with Gasteiger partial charge >= 0.3 is 0 Å². The van der Waals surface area contributed by atoms with Gasteiger partial charge in [-0.3, -0.25) is 9.52 Å². The van der Waals surface area contributed by atoms with Crippen LogP contribution in [0.2, 0.25) is 0 Å². The van der Waals surface area contributed by atoms with Gasteiger partial charge in [0.2, 0.25) is 5.91 Å². The summed E-state index contributed by atoms with van der Waals surface area (Å²) < 4.78 is 34.6. The fourth-order valence-corrected chi connectivity index (χ4v) is 5.35. The lowest BCUT2D eigenvalue weighted by Crippen LogP contribution is -2.14. The number of aryl methyl sites for hydroxylation is 1.